The van der Waals surface area contributed by atoms with E-state index in [0.29, 0.717) is 6.04 Å². The Morgan fingerprint density at radius 1 is 0.900 bits per heavy atom. The van der Waals surface area contributed by atoms with E-state index >= 15 is 0 Å². The SMILES string of the molecule is CCCC(N)CCNc1ccc(-c2ccccc2)cc1. The average Bonchev–Trinajstić information content (AvgIpc) is 2.49. The van der Waals surface area contributed by atoms with E-state index in [4.69, 9.17) is 5.73 Å². The first-order chi connectivity index (χ1) is 9.79. The van der Waals surface area contributed by atoms with E-state index in [0.717, 1.165) is 31.5 Å². The summed E-state index contributed by atoms with van der Waals surface area (Å²) in [7, 11) is 0. The Bertz CT molecular complexity index is 491. The summed E-state index contributed by atoms with van der Waals surface area (Å²) in [4.78, 5) is 0. The highest BCUT2D eigenvalue weighted by Gasteiger charge is 2.01. The van der Waals surface area contributed by atoms with Crippen LogP contribution >= 0.6 is 0 Å². The number of benzene rings is 2. The van der Waals surface area contributed by atoms with Gasteiger partial charge in [-0.2, -0.15) is 0 Å². The highest BCUT2D eigenvalue weighted by molar-refractivity contribution is 5.65. The van der Waals surface area contributed by atoms with Crippen LogP contribution in [-0.4, -0.2) is 12.6 Å². The largest absolute Gasteiger partial charge is 0.385 e. The van der Waals surface area contributed by atoms with Gasteiger partial charge >= 0.3 is 0 Å². The van der Waals surface area contributed by atoms with Gasteiger partial charge in [0.1, 0.15) is 0 Å². The molecule has 0 amide bonds. The predicted molar refractivity (Wildman–Crippen MR) is 87.9 cm³/mol. The lowest BCUT2D eigenvalue weighted by molar-refractivity contribution is 0.575. The van der Waals surface area contributed by atoms with Crippen LogP contribution in [0.4, 0.5) is 5.69 Å². The minimum Gasteiger partial charge on any atom is -0.385 e. The van der Waals surface area contributed by atoms with Crippen LogP contribution < -0.4 is 11.1 Å². The van der Waals surface area contributed by atoms with Crippen molar-refractivity contribution in [3.05, 3.63) is 54.6 Å². The molecule has 0 aromatic heterocycles. The predicted octanol–water partition coefficient (Wildman–Crippen LogP) is 4.28. The maximum atomic E-state index is 6.01. The van der Waals surface area contributed by atoms with E-state index in [9.17, 15) is 0 Å². The van der Waals surface area contributed by atoms with Crippen LogP contribution in [0, 0.1) is 0 Å². The first-order valence-electron chi connectivity index (χ1n) is 7.44. The van der Waals surface area contributed by atoms with Gasteiger partial charge in [0.25, 0.3) is 0 Å². The van der Waals surface area contributed by atoms with Gasteiger partial charge in [0.15, 0.2) is 0 Å². The number of hydrogen-bond donors (Lipinski definition) is 2. The van der Waals surface area contributed by atoms with E-state index in [1.54, 1.807) is 0 Å². The molecular weight excluding hydrogens is 244 g/mol. The van der Waals surface area contributed by atoms with Gasteiger partial charge in [0, 0.05) is 18.3 Å². The molecule has 2 rings (SSSR count). The maximum Gasteiger partial charge on any atom is 0.0340 e. The Morgan fingerprint density at radius 2 is 1.55 bits per heavy atom. The molecule has 2 heteroatoms. The molecule has 2 nitrogen and oxygen atoms in total. The number of anilines is 1. The number of nitrogens with two attached hydrogens (primary N) is 1. The quantitative estimate of drug-likeness (QED) is 0.786. The highest BCUT2D eigenvalue weighted by Crippen LogP contribution is 2.20. The summed E-state index contributed by atoms with van der Waals surface area (Å²) in [6.07, 6.45) is 3.29. The van der Waals surface area contributed by atoms with Gasteiger partial charge in [0.05, 0.1) is 0 Å². The van der Waals surface area contributed by atoms with Gasteiger partial charge in [-0.1, -0.05) is 55.8 Å². The second kappa shape index (κ2) is 7.71. The van der Waals surface area contributed by atoms with E-state index in [-0.39, 0.29) is 0 Å². The first-order valence-corrected chi connectivity index (χ1v) is 7.44. The molecule has 20 heavy (non-hydrogen) atoms. The Kier molecular flexibility index (Phi) is 5.63. The van der Waals surface area contributed by atoms with Crippen LogP contribution in [0.15, 0.2) is 54.6 Å². The Hall–Kier alpha value is -1.80. The molecule has 0 heterocycles. The average molecular weight is 268 g/mol. The monoisotopic (exact) mass is 268 g/mol. The smallest absolute Gasteiger partial charge is 0.0340 e. The number of rotatable bonds is 7. The summed E-state index contributed by atoms with van der Waals surface area (Å²) in [5.41, 5.74) is 9.67. The second-order valence-electron chi connectivity index (χ2n) is 5.21. The third kappa shape index (κ3) is 4.39. The van der Waals surface area contributed by atoms with Crippen molar-refractivity contribution < 1.29 is 0 Å². The molecule has 0 spiro atoms. The summed E-state index contributed by atoms with van der Waals surface area (Å²) in [5.74, 6) is 0. The number of nitrogens with one attached hydrogen (secondary N) is 1. The van der Waals surface area contributed by atoms with E-state index in [1.807, 2.05) is 6.07 Å². The molecule has 0 fully saturated rings. The summed E-state index contributed by atoms with van der Waals surface area (Å²) in [5, 5.41) is 3.43. The molecule has 1 atom stereocenters. The Balaban J connectivity index is 1.86. The van der Waals surface area contributed by atoms with Gasteiger partial charge in [-0.25, -0.2) is 0 Å². The minimum atomic E-state index is 0.316. The van der Waals surface area contributed by atoms with Gasteiger partial charge < -0.3 is 11.1 Å². The van der Waals surface area contributed by atoms with Gasteiger partial charge in [-0.3, -0.25) is 0 Å². The molecule has 2 aromatic rings. The molecule has 0 bridgehead atoms. The van der Waals surface area contributed by atoms with Crippen LogP contribution in [0.1, 0.15) is 26.2 Å². The Labute approximate surface area is 122 Å². The second-order valence-corrected chi connectivity index (χ2v) is 5.21. The molecule has 1 unspecified atom stereocenters. The zero-order valence-corrected chi connectivity index (χ0v) is 12.2. The van der Waals surface area contributed by atoms with Gasteiger partial charge in [0.2, 0.25) is 0 Å². The van der Waals surface area contributed by atoms with Gasteiger partial charge in [-0.05, 0) is 36.1 Å². The van der Waals surface area contributed by atoms with Crippen molar-refractivity contribution in [3.8, 4) is 11.1 Å². The molecular formula is C18H24N2. The summed E-state index contributed by atoms with van der Waals surface area (Å²) < 4.78 is 0. The molecule has 3 N–H and O–H groups in total. The first kappa shape index (κ1) is 14.6. The molecule has 106 valence electrons. The van der Waals surface area contributed by atoms with Gasteiger partial charge in [-0.15, -0.1) is 0 Å². The standard InChI is InChI=1S/C18H24N2/c1-2-6-17(19)13-14-20-18-11-9-16(10-12-18)15-7-4-3-5-8-15/h3-5,7-12,17,20H,2,6,13-14,19H2,1H3. The van der Waals surface area contributed by atoms with Crippen molar-refractivity contribution in [1.82, 2.24) is 0 Å². The molecule has 2 aromatic carbocycles. The van der Waals surface area contributed by atoms with Crippen molar-refractivity contribution in [2.24, 2.45) is 5.73 Å². The van der Waals surface area contributed by atoms with Crippen LogP contribution in [-0.2, 0) is 0 Å². The van der Waals surface area contributed by atoms with Crippen molar-refractivity contribution in [3.63, 3.8) is 0 Å². The third-order valence-electron chi connectivity index (χ3n) is 3.50. The fraction of sp³-hybridized carbons (Fsp3) is 0.333. The maximum absolute atomic E-state index is 6.01. The van der Waals surface area contributed by atoms with Crippen molar-refractivity contribution >= 4 is 5.69 Å². The highest BCUT2D eigenvalue weighted by atomic mass is 14.9. The van der Waals surface area contributed by atoms with Crippen LogP contribution in [0.25, 0.3) is 11.1 Å². The third-order valence-corrected chi connectivity index (χ3v) is 3.50. The Morgan fingerprint density at radius 3 is 2.20 bits per heavy atom. The zero-order valence-electron chi connectivity index (χ0n) is 12.2. The van der Waals surface area contributed by atoms with Crippen LogP contribution in [0.5, 0.6) is 0 Å². The lowest BCUT2D eigenvalue weighted by Crippen LogP contribution is -2.22. The fourth-order valence-corrected chi connectivity index (χ4v) is 2.33. The van der Waals surface area contributed by atoms with Crippen molar-refractivity contribution in [2.75, 3.05) is 11.9 Å². The fourth-order valence-electron chi connectivity index (χ4n) is 2.33. The molecule has 0 aliphatic rings. The number of hydrogen-bond acceptors (Lipinski definition) is 2. The lowest BCUT2D eigenvalue weighted by atomic mass is 10.1. The topological polar surface area (TPSA) is 38.0 Å². The van der Waals surface area contributed by atoms with Crippen LogP contribution in [0.2, 0.25) is 0 Å². The normalized spacial score (nSPS) is 12.1. The van der Waals surface area contributed by atoms with Crippen molar-refractivity contribution in [1.29, 1.82) is 0 Å². The summed E-state index contributed by atoms with van der Waals surface area (Å²) in [6.45, 7) is 3.11. The van der Waals surface area contributed by atoms with Crippen molar-refractivity contribution in [2.45, 2.75) is 32.2 Å². The van der Waals surface area contributed by atoms with E-state index in [1.165, 1.54) is 11.1 Å². The molecule has 0 aliphatic heterocycles. The summed E-state index contributed by atoms with van der Waals surface area (Å²) in [6, 6.07) is 19.3. The molecule has 0 saturated carbocycles. The minimum absolute atomic E-state index is 0.316. The molecule has 0 radical (unpaired) electrons. The molecule has 0 saturated heterocycles. The lowest BCUT2D eigenvalue weighted by Gasteiger charge is -2.12. The van der Waals surface area contributed by atoms with E-state index in [2.05, 4.69) is 60.8 Å². The van der Waals surface area contributed by atoms with Crippen LogP contribution in [0.3, 0.4) is 0 Å². The van der Waals surface area contributed by atoms with E-state index < -0.39 is 0 Å². The zero-order chi connectivity index (χ0) is 14.2. The summed E-state index contributed by atoms with van der Waals surface area (Å²) >= 11 is 0. The molecule has 0 aliphatic carbocycles.